The number of hydrogen-bond acceptors (Lipinski definition) is 6. The van der Waals surface area contributed by atoms with Gasteiger partial charge in [0.1, 0.15) is 27.3 Å². The molecule has 0 saturated carbocycles. The van der Waals surface area contributed by atoms with Gasteiger partial charge in [-0.3, -0.25) is 0 Å². The molecule has 2 radical (unpaired) electrons. The van der Waals surface area contributed by atoms with Crippen LogP contribution in [0.15, 0.2) is 61.2 Å². The van der Waals surface area contributed by atoms with Gasteiger partial charge in [-0.2, -0.15) is 4.98 Å². The zero-order chi connectivity index (χ0) is 18.5. The zero-order valence-corrected chi connectivity index (χ0v) is 15.6. The lowest BCUT2D eigenvalue weighted by Crippen LogP contribution is -2.34. The van der Waals surface area contributed by atoms with Gasteiger partial charge in [0.05, 0.1) is 0 Å². The first-order valence-corrected chi connectivity index (χ1v) is 9.84. The van der Waals surface area contributed by atoms with Crippen molar-refractivity contribution < 1.29 is 9.47 Å². The van der Waals surface area contributed by atoms with E-state index in [4.69, 9.17) is 9.47 Å². The van der Waals surface area contributed by atoms with Crippen LogP contribution in [0.2, 0.25) is 0 Å². The van der Waals surface area contributed by atoms with E-state index in [2.05, 4.69) is 32.1 Å². The highest BCUT2D eigenvalue weighted by atomic mass is 28.2. The summed E-state index contributed by atoms with van der Waals surface area (Å²) >= 11 is 0. The van der Waals surface area contributed by atoms with Gasteiger partial charge in [0.2, 0.25) is 11.8 Å². The molecule has 6 rings (SSSR count). The Labute approximate surface area is 163 Å². The van der Waals surface area contributed by atoms with Crippen LogP contribution in [0.5, 0.6) is 23.3 Å². The molecule has 7 heteroatoms. The molecule has 4 heterocycles. The Morgan fingerprint density at radius 2 is 1.75 bits per heavy atom. The quantitative estimate of drug-likeness (QED) is 0.408. The van der Waals surface area contributed by atoms with Crippen molar-refractivity contribution in [3.05, 3.63) is 72.3 Å². The third kappa shape index (κ3) is 2.48. The maximum absolute atomic E-state index is 6.00. The van der Waals surface area contributed by atoms with Crippen LogP contribution in [-0.4, -0.2) is 29.5 Å². The molecule has 2 aromatic carbocycles. The van der Waals surface area contributed by atoms with Crippen molar-refractivity contribution in [1.29, 1.82) is 0 Å². The molecular weight excluding hydrogens is 368 g/mol. The summed E-state index contributed by atoms with van der Waals surface area (Å²) in [5, 5.41) is 2.13. The third-order valence-corrected chi connectivity index (χ3v) is 6.07. The average Bonchev–Trinajstić information content (AvgIpc) is 2.75. The van der Waals surface area contributed by atoms with Crippen LogP contribution < -0.4 is 19.8 Å². The fourth-order valence-corrected chi connectivity index (χ4v) is 4.45. The lowest BCUT2D eigenvalue weighted by atomic mass is 10.0. The SMILES string of the molecule is c1ccc2c(c1)Cc1cnc(-c3ccc4c(c3)Oc3ncncc3[Si]4)nc1O2. The first-order valence-electron chi connectivity index (χ1n) is 8.84. The highest BCUT2D eigenvalue weighted by Gasteiger charge is 2.22. The van der Waals surface area contributed by atoms with Crippen molar-refractivity contribution in [3.63, 3.8) is 0 Å². The van der Waals surface area contributed by atoms with E-state index in [1.807, 2.05) is 36.5 Å². The van der Waals surface area contributed by atoms with Crippen molar-refractivity contribution in [1.82, 2.24) is 19.9 Å². The molecule has 0 unspecified atom stereocenters. The average molecular weight is 380 g/mol. The van der Waals surface area contributed by atoms with Crippen LogP contribution in [0, 0.1) is 0 Å². The minimum absolute atomic E-state index is 0.467. The van der Waals surface area contributed by atoms with Gasteiger partial charge in [-0.1, -0.05) is 30.3 Å². The Morgan fingerprint density at radius 3 is 2.75 bits per heavy atom. The highest BCUT2D eigenvalue weighted by molar-refractivity contribution is 6.69. The lowest BCUT2D eigenvalue weighted by molar-refractivity contribution is 0.439. The van der Waals surface area contributed by atoms with Crippen molar-refractivity contribution in [2.75, 3.05) is 0 Å². The number of aromatic nitrogens is 4. The van der Waals surface area contributed by atoms with Crippen LogP contribution in [0.3, 0.4) is 0 Å². The molecule has 0 aliphatic carbocycles. The van der Waals surface area contributed by atoms with Crippen LogP contribution in [-0.2, 0) is 6.42 Å². The molecule has 0 spiro atoms. The van der Waals surface area contributed by atoms with E-state index < -0.39 is 0 Å². The van der Waals surface area contributed by atoms with Gasteiger partial charge in [-0.05, 0) is 22.9 Å². The van der Waals surface area contributed by atoms with Gasteiger partial charge in [-0.25, -0.2) is 15.0 Å². The zero-order valence-electron chi connectivity index (χ0n) is 14.6. The molecule has 6 nitrogen and oxygen atoms in total. The van der Waals surface area contributed by atoms with Gasteiger partial charge < -0.3 is 9.47 Å². The minimum atomic E-state index is 0.467. The second-order valence-corrected chi connectivity index (χ2v) is 7.92. The molecule has 2 aliphatic heterocycles. The molecule has 0 atom stereocenters. The highest BCUT2D eigenvalue weighted by Crippen LogP contribution is 2.35. The van der Waals surface area contributed by atoms with Gasteiger partial charge in [-0.15, -0.1) is 0 Å². The van der Waals surface area contributed by atoms with Crippen molar-refractivity contribution >= 4 is 19.9 Å². The van der Waals surface area contributed by atoms with Gasteiger partial charge in [0.15, 0.2) is 5.82 Å². The van der Waals surface area contributed by atoms with Crippen molar-refractivity contribution in [2.45, 2.75) is 6.42 Å². The Hall–Kier alpha value is -3.58. The summed E-state index contributed by atoms with van der Waals surface area (Å²) in [6, 6.07) is 14.0. The summed E-state index contributed by atoms with van der Waals surface area (Å²) < 4.78 is 12.0. The van der Waals surface area contributed by atoms with E-state index in [1.165, 1.54) is 6.33 Å². The summed E-state index contributed by atoms with van der Waals surface area (Å²) in [4.78, 5) is 17.5. The maximum Gasteiger partial charge on any atom is 0.226 e. The number of fused-ring (bicyclic) bond motifs is 4. The van der Waals surface area contributed by atoms with Crippen LogP contribution in [0.4, 0.5) is 0 Å². The molecule has 2 aliphatic rings. The summed E-state index contributed by atoms with van der Waals surface area (Å²) in [6.07, 6.45) is 5.92. The van der Waals surface area contributed by atoms with Crippen molar-refractivity contribution in [2.24, 2.45) is 0 Å². The van der Waals surface area contributed by atoms with E-state index in [-0.39, 0.29) is 0 Å². The monoisotopic (exact) mass is 380 g/mol. The summed E-state index contributed by atoms with van der Waals surface area (Å²) in [7, 11) is 0.467. The molecule has 132 valence electrons. The van der Waals surface area contributed by atoms with E-state index in [0.29, 0.717) is 27.1 Å². The number of ether oxygens (including phenoxy) is 2. The van der Waals surface area contributed by atoms with E-state index >= 15 is 0 Å². The first kappa shape index (κ1) is 15.5. The molecule has 0 bridgehead atoms. The third-order valence-electron chi connectivity index (χ3n) is 4.78. The van der Waals surface area contributed by atoms with Gasteiger partial charge in [0, 0.05) is 35.1 Å². The van der Waals surface area contributed by atoms with Crippen LogP contribution in [0.1, 0.15) is 11.1 Å². The maximum atomic E-state index is 6.00. The summed E-state index contributed by atoms with van der Waals surface area (Å²) in [5.74, 6) is 3.48. The number of hydrogen-bond donors (Lipinski definition) is 0. The summed E-state index contributed by atoms with van der Waals surface area (Å²) in [5.41, 5.74) is 3.02. The molecular formula is C21H12N4O2Si. The number of para-hydroxylation sites is 1. The topological polar surface area (TPSA) is 70.0 Å². The Morgan fingerprint density at radius 1 is 0.821 bits per heavy atom. The van der Waals surface area contributed by atoms with Crippen LogP contribution in [0.25, 0.3) is 11.4 Å². The van der Waals surface area contributed by atoms with E-state index in [0.717, 1.165) is 45.0 Å². The normalized spacial score (nSPS) is 13.3. The molecule has 2 aromatic heterocycles. The predicted molar refractivity (Wildman–Crippen MR) is 104 cm³/mol. The molecule has 0 N–H and O–H groups in total. The molecule has 28 heavy (non-hydrogen) atoms. The number of rotatable bonds is 1. The van der Waals surface area contributed by atoms with Gasteiger partial charge in [0.25, 0.3) is 0 Å². The number of nitrogens with zero attached hydrogens (tertiary/aromatic N) is 4. The second kappa shape index (κ2) is 5.96. The van der Waals surface area contributed by atoms with Crippen molar-refractivity contribution in [3.8, 4) is 34.6 Å². The molecule has 4 aromatic rings. The minimum Gasteiger partial charge on any atom is -0.439 e. The second-order valence-electron chi connectivity index (χ2n) is 6.59. The van der Waals surface area contributed by atoms with Crippen LogP contribution >= 0.6 is 0 Å². The predicted octanol–water partition coefficient (Wildman–Crippen LogP) is 2.39. The molecule has 0 amide bonds. The standard InChI is InChI=1S/C21H12N4O2Si/c1-2-4-15-12(3-1)7-14-9-23-19(25-20(14)26-15)13-5-6-17-16(8-13)27-21-18(28-17)10-22-11-24-21/h1-6,8-11H,7H2. The van der Waals surface area contributed by atoms with Gasteiger partial charge >= 0.3 is 0 Å². The Kier molecular flexibility index (Phi) is 3.30. The van der Waals surface area contributed by atoms with E-state index in [9.17, 15) is 0 Å². The Bertz CT molecular complexity index is 1150. The molecule has 0 fully saturated rings. The fourth-order valence-electron chi connectivity index (χ4n) is 3.38. The largest absolute Gasteiger partial charge is 0.439 e. The first-order chi connectivity index (χ1) is 13.8. The lowest BCUT2D eigenvalue weighted by Gasteiger charge is -2.20. The number of benzene rings is 2. The van der Waals surface area contributed by atoms with E-state index in [1.54, 1.807) is 6.20 Å². The smallest absolute Gasteiger partial charge is 0.226 e. The molecule has 0 saturated heterocycles. The summed E-state index contributed by atoms with van der Waals surface area (Å²) in [6.45, 7) is 0. The fraction of sp³-hybridized carbons (Fsp3) is 0.0476. The Balaban J connectivity index is 1.36.